The third-order valence-corrected chi connectivity index (χ3v) is 10.6. The van der Waals surface area contributed by atoms with Crippen molar-refractivity contribution in [2.75, 3.05) is 10.6 Å². The summed E-state index contributed by atoms with van der Waals surface area (Å²) < 4.78 is 0. The number of nitrogens with zero attached hydrogens (tertiary/aromatic N) is 1. The van der Waals surface area contributed by atoms with Gasteiger partial charge in [-0.2, -0.15) is 11.3 Å². The number of aromatic nitrogens is 1. The van der Waals surface area contributed by atoms with E-state index >= 15 is 0 Å². The fourth-order valence-corrected chi connectivity index (χ4v) is 7.76. The van der Waals surface area contributed by atoms with Crippen LogP contribution in [0.1, 0.15) is 26.7 Å². The molecule has 51 heavy (non-hydrogen) atoms. The summed E-state index contributed by atoms with van der Waals surface area (Å²) in [5.74, 6) is -1.08. The van der Waals surface area contributed by atoms with Crippen LogP contribution in [0.2, 0.25) is 0 Å². The quantitative estimate of drug-likeness (QED) is 0.0912. The van der Waals surface area contributed by atoms with Gasteiger partial charge >= 0.3 is 0 Å². The van der Waals surface area contributed by atoms with Crippen LogP contribution >= 0.6 is 34.4 Å². The molecule has 0 spiro atoms. The van der Waals surface area contributed by atoms with Crippen LogP contribution in [0.25, 0.3) is 28.1 Å². The number of hydrogen-bond donors (Lipinski definition) is 3. The molecule has 7 nitrogen and oxygen atoms in total. The molecule has 0 fully saturated rings. The van der Waals surface area contributed by atoms with Gasteiger partial charge in [0.1, 0.15) is 10.9 Å². The highest BCUT2D eigenvalue weighted by atomic mass is 32.2. The summed E-state index contributed by atoms with van der Waals surface area (Å²) in [5, 5.41) is 16.6. The van der Waals surface area contributed by atoms with Gasteiger partial charge in [0, 0.05) is 27.1 Å². The Morgan fingerprint density at radius 2 is 1.49 bits per heavy atom. The van der Waals surface area contributed by atoms with E-state index in [-0.39, 0.29) is 11.6 Å². The van der Waals surface area contributed by atoms with Gasteiger partial charge in [0.15, 0.2) is 5.13 Å². The standard InChI is InChI=1S/C41H30N4O3S3/c46-38(30-13-5-2-6-14-30)43-35(22-27-20-21-49-25-27)39(47)42-33-16-9-17-34(24-33)51-37(29-11-3-1-4-12-29)40(48)45-41-44-36(26-50-41)32-19-18-28-10-7-8-15-31(28)23-32/h1-26,37H,(H,42,47)(H,43,46)(H,44,45,48)/b35-22-. The third kappa shape index (κ3) is 8.50. The highest BCUT2D eigenvalue weighted by molar-refractivity contribution is 8.00. The molecular formula is C41H30N4O3S3. The van der Waals surface area contributed by atoms with Gasteiger partial charge in [-0.1, -0.05) is 91.0 Å². The average molecular weight is 723 g/mol. The van der Waals surface area contributed by atoms with Crippen LogP contribution in [0.5, 0.6) is 0 Å². The van der Waals surface area contributed by atoms with E-state index in [2.05, 4.69) is 40.2 Å². The summed E-state index contributed by atoms with van der Waals surface area (Å²) in [6.07, 6.45) is 1.64. The number of amides is 3. The zero-order valence-corrected chi connectivity index (χ0v) is 29.4. The minimum atomic E-state index is -0.607. The number of nitrogens with one attached hydrogen (secondary N) is 3. The Kier molecular flexibility index (Phi) is 10.4. The van der Waals surface area contributed by atoms with E-state index in [0.29, 0.717) is 16.4 Å². The van der Waals surface area contributed by atoms with Gasteiger partial charge in [0.25, 0.3) is 11.8 Å². The SMILES string of the molecule is O=C(Nc1cccc(SC(C(=O)Nc2nc(-c3ccc4ccccc4c3)cs2)c2ccccc2)c1)/C(=C/c1ccsc1)NC(=O)c1ccccc1. The van der Waals surface area contributed by atoms with Gasteiger partial charge < -0.3 is 16.0 Å². The number of carbonyl (C=O) groups excluding carboxylic acids is 3. The van der Waals surface area contributed by atoms with E-state index in [0.717, 1.165) is 38.1 Å². The summed E-state index contributed by atoms with van der Waals surface area (Å²) in [4.78, 5) is 45.9. The molecule has 0 aliphatic rings. The van der Waals surface area contributed by atoms with Crippen molar-refractivity contribution in [1.29, 1.82) is 0 Å². The number of carbonyl (C=O) groups is 3. The predicted molar refractivity (Wildman–Crippen MR) is 210 cm³/mol. The van der Waals surface area contributed by atoms with Crippen molar-refractivity contribution in [2.45, 2.75) is 10.1 Å². The molecule has 0 radical (unpaired) electrons. The summed E-state index contributed by atoms with van der Waals surface area (Å²) in [7, 11) is 0. The Bertz CT molecular complexity index is 2340. The molecule has 2 aromatic heterocycles. The van der Waals surface area contributed by atoms with Crippen LogP contribution in [-0.4, -0.2) is 22.7 Å². The molecule has 0 aliphatic heterocycles. The first-order valence-electron chi connectivity index (χ1n) is 16.0. The number of anilines is 2. The largest absolute Gasteiger partial charge is 0.321 e. The van der Waals surface area contributed by atoms with Crippen LogP contribution in [0, 0.1) is 0 Å². The normalized spacial score (nSPS) is 11.9. The van der Waals surface area contributed by atoms with Gasteiger partial charge in [0.2, 0.25) is 5.91 Å². The molecular weight excluding hydrogens is 693 g/mol. The fourth-order valence-electron chi connectivity index (χ4n) is 5.33. The minimum Gasteiger partial charge on any atom is -0.321 e. The maximum atomic E-state index is 13.9. The Morgan fingerprint density at radius 3 is 2.27 bits per heavy atom. The molecule has 10 heteroatoms. The summed E-state index contributed by atoms with van der Waals surface area (Å²) in [6.45, 7) is 0. The Morgan fingerprint density at radius 1 is 0.725 bits per heavy atom. The van der Waals surface area contributed by atoms with Crippen molar-refractivity contribution in [3.05, 3.63) is 172 Å². The fraction of sp³-hybridized carbons (Fsp3) is 0.0244. The molecule has 1 unspecified atom stereocenters. The van der Waals surface area contributed by atoms with Crippen LogP contribution in [0.4, 0.5) is 10.8 Å². The number of thioether (sulfide) groups is 1. The van der Waals surface area contributed by atoms with Crippen molar-refractivity contribution in [2.24, 2.45) is 0 Å². The maximum Gasteiger partial charge on any atom is 0.272 e. The highest BCUT2D eigenvalue weighted by Gasteiger charge is 2.24. The molecule has 0 saturated carbocycles. The number of rotatable bonds is 11. The van der Waals surface area contributed by atoms with Crippen LogP contribution in [-0.2, 0) is 9.59 Å². The lowest BCUT2D eigenvalue weighted by atomic mass is 10.1. The van der Waals surface area contributed by atoms with E-state index < -0.39 is 17.1 Å². The van der Waals surface area contributed by atoms with E-state index in [1.807, 2.05) is 95.0 Å². The number of thiazole rings is 1. The van der Waals surface area contributed by atoms with Crippen LogP contribution in [0.3, 0.4) is 0 Å². The highest BCUT2D eigenvalue weighted by Crippen LogP contribution is 2.38. The zero-order valence-electron chi connectivity index (χ0n) is 27.0. The monoisotopic (exact) mass is 722 g/mol. The Labute approximate surface area is 307 Å². The second-order valence-corrected chi connectivity index (χ2v) is 14.2. The number of fused-ring (bicyclic) bond motifs is 1. The first-order valence-corrected chi connectivity index (χ1v) is 18.7. The molecule has 1 atom stereocenters. The molecule has 0 bridgehead atoms. The smallest absolute Gasteiger partial charge is 0.272 e. The summed E-state index contributed by atoms with van der Waals surface area (Å²) in [6, 6.07) is 41.8. The van der Waals surface area contributed by atoms with Gasteiger partial charge in [-0.15, -0.1) is 23.1 Å². The van der Waals surface area contributed by atoms with Crippen molar-refractivity contribution < 1.29 is 14.4 Å². The molecule has 3 amide bonds. The summed E-state index contributed by atoms with van der Waals surface area (Å²) >= 11 is 4.24. The average Bonchev–Trinajstić information content (AvgIpc) is 3.87. The Balaban J connectivity index is 1.08. The van der Waals surface area contributed by atoms with Crippen LogP contribution in [0.15, 0.2) is 160 Å². The van der Waals surface area contributed by atoms with E-state index in [1.54, 1.807) is 36.4 Å². The molecule has 0 saturated heterocycles. The van der Waals surface area contributed by atoms with E-state index in [4.69, 9.17) is 4.98 Å². The molecule has 7 rings (SSSR count). The van der Waals surface area contributed by atoms with Crippen molar-refractivity contribution in [3.63, 3.8) is 0 Å². The second-order valence-electron chi connectivity index (χ2n) is 11.4. The van der Waals surface area contributed by atoms with Crippen LogP contribution < -0.4 is 16.0 Å². The number of hydrogen-bond acceptors (Lipinski definition) is 7. The third-order valence-electron chi connectivity index (χ3n) is 7.85. The molecule has 2 heterocycles. The first kappa shape index (κ1) is 33.7. The lowest BCUT2D eigenvalue weighted by Gasteiger charge is -2.17. The minimum absolute atomic E-state index is 0.105. The Hall–Kier alpha value is -5.81. The van der Waals surface area contributed by atoms with E-state index in [1.165, 1.54) is 34.4 Å². The second kappa shape index (κ2) is 15.8. The molecule has 0 aliphatic carbocycles. The first-order chi connectivity index (χ1) is 25.0. The summed E-state index contributed by atoms with van der Waals surface area (Å²) in [5.41, 5.74) is 4.45. The molecule has 7 aromatic rings. The molecule has 5 aromatic carbocycles. The van der Waals surface area contributed by atoms with Gasteiger partial charge in [-0.05, 0) is 81.2 Å². The predicted octanol–water partition coefficient (Wildman–Crippen LogP) is 9.91. The van der Waals surface area contributed by atoms with Gasteiger partial charge in [-0.25, -0.2) is 4.98 Å². The van der Waals surface area contributed by atoms with E-state index in [9.17, 15) is 14.4 Å². The van der Waals surface area contributed by atoms with Crippen molar-refractivity contribution >= 4 is 79.8 Å². The number of thiophene rings is 1. The van der Waals surface area contributed by atoms with Crippen molar-refractivity contribution in [3.8, 4) is 11.3 Å². The molecule has 3 N–H and O–H groups in total. The lowest BCUT2D eigenvalue weighted by molar-refractivity contribution is -0.116. The van der Waals surface area contributed by atoms with Crippen molar-refractivity contribution in [1.82, 2.24) is 10.3 Å². The van der Waals surface area contributed by atoms with Gasteiger partial charge in [0.05, 0.1) is 5.69 Å². The topological polar surface area (TPSA) is 100 Å². The van der Waals surface area contributed by atoms with Gasteiger partial charge in [-0.3, -0.25) is 14.4 Å². The number of benzene rings is 5. The molecule has 250 valence electrons. The maximum absolute atomic E-state index is 13.9. The lowest BCUT2D eigenvalue weighted by Crippen LogP contribution is -2.30. The zero-order chi connectivity index (χ0) is 35.0.